The predicted molar refractivity (Wildman–Crippen MR) is 102 cm³/mol. The summed E-state index contributed by atoms with van der Waals surface area (Å²) in [6, 6.07) is 9.55. The van der Waals surface area contributed by atoms with Crippen molar-refractivity contribution >= 4 is 28.3 Å². The van der Waals surface area contributed by atoms with Gasteiger partial charge in [-0.25, -0.2) is 4.79 Å². The van der Waals surface area contributed by atoms with Gasteiger partial charge in [0.25, 0.3) is 5.69 Å². The third-order valence-corrected chi connectivity index (χ3v) is 4.58. The van der Waals surface area contributed by atoms with E-state index in [4.69, 9.17) is 14.2 Å². The fourth-order valence-corrected chi connectivity index (χ4v) is 3.16. The molecule has 1 aliphatic heterocycles. The van der Waals surface area contributed by atoms with Crippen LogP contribution in [0.1, 0.15) is 27.6 Å². The maximum atomic E-state index is 12.8. The Balaban J connectivity index is 1.60. The third-order valence-electron chi connectivity index (χ3n) is 4.58. The van der Waals surface area contributed by atoms with Crippen molar-refractivity contribution in [2.45, 2.75) is 13.0 Å². The summed E-state index contributed by atoms with van der Waals surface area (Å²) in [5, 5.41) is 12.1. The van der Waals surface area contributed by atoms with E-state index in [-0.39, 0.29) is 30.3 Å². The number of nitrogens with one attached hydrogen (secondary N) is 1. The normalized spacial score (nSPS) is 13.7. The molecule has 9 nitrogen and oxygen atoms in total. The van der Waals surface area contributed by atoms with Crippen LogP contribution in [-0.4, -0.2) is 41.0 Å². The minimum Gasteiger partial charge on any atom is -0.486 e. The molecule has 148 valence electrons. The zero-order valence-corrected chi connectivity index (χ0v) is 15.3. The Morgan fingerprint density at radius 2 is 1.83 bits per heavy atom. The molecule has 0 aliphatic carbocycles. The Morgan fingerprint density at radius 3 is 2.55 bits per heavy atom. The summed E-state index contributed by atoms with van der Waals surface area (Å²) >= 11 is 0. The van der Waals surface area contributed by atoms with Gasteiger partial charge < -0.3 is 19.2 Å². The van der Waals surface area contributed by atoms with Crippen LogP contribution in [0, 0.1) is 10.1 Å². The molecule has 1 aliphatic rings. The lowest BCUT2D eigenvalue weighted by molar-refractivity contribution is -0.385. The smallest absolute Gasteiger partial charge is 0.346 e. The zero-order valence-electron chi connectivity index (χ0n) is 15.3. The molecule has 2 heterocycles. The summed E-state index contributed by atoms with van der Waals surface area (Å²) in [6.07, 6.45) is 0.402. The molecule has 1 N–H and O–H groups in total. The molecule has 1 aromatic heterocycles. The second-order valence-corrected chi connectivity index (χ2v) is 6.43. The zero-order chi connectivity index (χ0) is 20.5. The number of hydrogen-bond acceptors (Lipinski definition) is 7. The summed E-state index contributed by atoms with van der Waals surface area (Å²) in [4.78, 5) is 39.1. The van der Waals surface area contributed by atoms with Crippen LogP contribution in [0.5, 0.6) is 11.5 Å². The van der Waals surface area contributed by atoms with Crippen molar-refractivity contribution in [3.05, 3.63) is 63.8 Å². The summed E-state index contributed by atoms with van der Waals surface area (Å²) in [5.74, 6) is -1.02. The van der Waals surface area contributed by atoms with Gasteiger partial charge in [-0.15, -0.1) is 0 Å². The molecule has 0 bridgehead atoms. The number of aromatic nitrogens is 1. The molecule has 2 aromatic carbocycles. The van der Waals surface area contributed by atoms with Crippen molar-refractivity contribution in [2.75, 3.05) is 13.2 Å². The second kappa shape index (κ2) is 7.27. The van der Waals surface area contributed by atoms with Gasteiger partial charge in [0.15, 0.2) is 17.6 Å². The van der Waals surface area contributed by atoms with E-state index < -0.39 is 28.5 Å². The first-order valence-corrected chi connectivity index (χ1v) is 8.85. The molecule has 0 saturated carbocycles. The van der Waals surface area contributed by atoms with Crippen molar-refractivity contribution in [2.24, 2.45) is 0 Å². The number of hydrogen-bond donors (Lipinski definition) is 1. The topological polar surface area (TPSA) is 121 Å². The number of ether oxygens (including phenoxy) is 3. The van der Waals surface area contributed by atoms with Gasteiger partial charge in [0.2, 0.25) is 5.78 Å². The van der Waals surface area contributed by atoms with E-state index in [0.29, 0.717) is 10.9 Å². The van der Waals surface area contributed by atoms with Crippen LogP contribution >= 0.6 is 0 Å². The van der Waals surface area contributed by atoms with Gasteiger partial charge in [-0.2, -0.15) is 0 Å². The average molecular weight is 396 g/mol. The molecule has 0 spiro atoms. The van der Waals surface area contributed by atoms with Crippen molar-refractivity contribution < 1.29 is 28.7 Å². The maximum absolute atomic E-state index is 12.8. The van der Waals surface area contributed by atoms with E-state index in [0.717, 1.165) is 11.6 Å². The Bertz CT molecular complexity index is 1140. The summed E-state index contributed by atoms with van der Waals surface area (Å²) in [7, 11) is 0. The molecule has 4 rings (SSSR count). The van der Waals surface area contributed by atoms with Crippen LogP contribution in [0.2, 0.25) is 0 Å². The van der Waals surface area contributed by atoms with Crippen LogP contribution in [0.3, 0.4) is 0 Å². The molecular weight excluding hydrogens is 380 g/mol. The molecule has 1 atom stereocenters. The van der Waals surface area contributed by atoms with Crippen molar-refractivity contribution in [1.29, 1.82) is 0 Å². The second-order valence-electron chi connectivity index (χ2n) is 6.43. The third kappa shape index (κ3) is 3.38. The number of esters is 1. The molecule has 0 fully saturated rings. The molecule has 0 radical (unpaired) electrons. The highest BCUT2D eigenvalue weighted by Crippen LogP contribution is 2.37. The van der Waals surface area contributed by atoms with E-state index in [1.54, 1.807) is 18.3 Å². The van der Waals surface area contributed by atoms with E-state index >= 15 is 0 Å². The van der Waals surface area contributed by atoms with Gasteiger partial charge in [-0.1, -0.05) is 18.2 Å². The molecule has 0 amide bonds. The molecular formula is C20H16N2O7. The number of H-pyrrole nitrogens is 1. The van der Waals surface area contributed by atoms with Crippen LogP contribution < -0.4 is 9.47 Å². The van der Waals surface area contributed by atoms with Crippen LogP contribution in [0.25, 0.3) is 10.9 Å². The standard InChI is InChI=1S/C20H16N2O7/c1-11(19(23)14-10-21-15-5-3-2-4-12(14)15)29-20(24)13-8-17-18(28-7-6-27-17)9-16(13)22(25)26/h2-5,8-11,21H,6-7H2,1H3/t11-/m0/s1. The van der Waals surface area contributed by atoms with E-state index in [1.807, 2.05) is 12.1 Å². The van der Waals surface area contributed by atoms with Gasteiger partial charge >= 0.3 is 5.97 Å². The number of nitro benzene ring substituents is 1. The van der Waals surface area contributed by atoms with Crippen molar-refractivity contribution in [3.63, 3.8) is 0 Å². The van der Waals surface area contributed by atoms with Crippen molar-refractivity contribution in [1.82, 2.24) is 4.98 Å². The van der Waals surface area contributed by atoms with E-state index in [1.165, 1.54) is 13.0 Å². The molecule has 3 aromatic rings. The Labute approximate surface area is 164 Å². The number of carbonyl (C=O) groups is 2. The van der Waals surface area contributed by atoms with Gasteiger partial charge in [0.05, 0.1) is 11.0 Å². The highest BCUT2D eigenvalue weighted by atomic mass is 16.6. The van der Waals surface area contributed by atoms with Crippen LogP contribution in [-0.2, 0) is 4.74 Å². The lowest BCUT2D eigenvalue weighted by Crippen LogP contribution is -2.25. The molecule has 29 heavy (non-hydrogen) atoms. The number of benzene rings is 2. The lowest BCUT2D eigenvalue weighted by Gasteiger charge is -2.19. The maximum Gasteiger partial charge on any atom is 0.346 e. The Morgan fingerprint density at radius 1 is 1.14 bits per heavy atom. The number of fused-ring (bicyclic) bond motifs is 2. The number of ketones is 1. The van der Waals surface area contributed by atoms with Crippen LogP contribution in [0.15, 0.2) is 42.6 Å². The van der Waals surface area contributed by atoms with E-state index in [2.05, 4.69) is 4.98 Å². The van der Waals surface area contributed by atoms with Gasteiger partial charge in [0.1, 0.15) is 18.8 Å². The molecule has 0 unspecified atom stereocenters. The van der Waals surface area contributed by atoms with Crippen molar-refractivity contribution in [3.8, 4) is 11.5 Å². The minimum absolute atomic E-state index is 0.183. The molecule has 9 heteroatoms. The average Bonchev–Trinajstić information content (AvgIpc) is 3.16. The summed E-state index contributed by atoms with van der Waals surface area (Å²) in [5.41, 5.74) is 0.359. The number of carbonyl (C=O) groups excluding carboxylic acids is 2. The minimum atomic E-state index is -1.14. The molecule has 0 saturated heterocycles. The fourth-order valence-electron chi connectivity index (χ4n) is 3.16. The number of aromatic amines is 1. The summed E-state index contributed by atoms with van der Waals surface area (Å²) < 4.78 is 16.0. The SMILES string of the molecule is C[C@H](OC(=O)c1cc2c(cc1[N+](=O)[O-])OCCO2)C(=O)c1c[nH]c2ccccc12. The Hall–Kier alpha value is -3.88. The first-order valence-electron chi connectivity index (χ1n) is 8.85. The van der Waals surface area contributed by atoms with Gasteiger partial charge in [0, 0.05) is 28.7 Å². The fraction of sp³-hybridized carbons (Fsp3) is 0.200. The first kappa shape index (κ1) is 18.5. The van der Waals surface area contributed by atoms with Gasteiger partial charge in [-0.3, -0.25) is 14.9 Å². The number of para-hydroxylation sites is 1. The first-order chi connectivity index (χ1) is 14.0. The number of nitro groups is 1. The number of rotatable bonds is 5. The number of Topliss-reactive ketones (excluding diaryl/α,β-unsaturated/α-hetero) is 1. The number of nitrogens with zero attached hydrogens (tertiary/aromatic N) is 1. The summed E-state index contributed by atoms with van der Waals surface area (Å²) in [6.45, 7) is 1.94. The lowest BCUT2D eigenvalue weighted by atomic mass is 10.1. The quantitative estimate of drug-likeness (QED) is 0.304. The van der Waals surface area contributed by atoms with Crippen LogP contribution in [0.4, 0.5) is 5.69 Å². The van der Waals surface area contributed by atoms with E-state index in [9.17, 15) is 19.7 Å². The largest absolute Gasteiger partial charge is 0.486 e. The Kier molecular flexibility index (Phi) is 4.63. The predicted octanol–water partition coefficient (Wildman–Crippen LogP) is 3.28. The van der Waals surface area contributed by atoms with Gasteiger partial charge in [-0.05, 0) is 13.0 Å². The highest BCUT2D eigenvalue weighted by Gasteiger charge is 2.30. The highest BCUT2D eigenvalue weighted by molar-refractivity contribution is 6.10. The monoisotopic (exact) mass is 396 g/mol.